The van der Waals surface area contributed by atoms with Gasteiger partial charge in [-0.25, -0.2) is 8.42 Å². The SMILES string of the molecule is NC1(CO)CCCN(S(=O)(=O)c2ccccc2[N+](=O)[O-])C1. The number of para-hydroxylation sites is 1. The monoisotopic (exact) mass is 315 g/mol. The maximum atomic E-state index is 12.6. The summed E-state index contributed by atoms with van der Waals surface area (Å²) in [6.07, 6.45) is 1.00. The number of sulfonamides is 1. The fraction of sp³-hybridized carbons (Fsp3) is 0.500. The fourth-order valence-corrected chi connectivity index (χ4v) is 4.15. The predicted octanol–water partition coefficient (Wildman–Crippen LogP) is 0.0691. The van der Waals surface area contributed by atoms with E-state index in [2.05, 4.69) is 0 Å². The molecule has 0 spiro atoms. The van der Waals surface area contributed by atoms with Crippen LogP contribution in [0.2, 0.25) is 0 Å². The highest BCUT2D eigenvalue weighted by Gasteiger charge is 2.39. The van der Waals surface area contributed by atoms with E-state index in [0.29, 0.717) is 12.8 Å². The molecule has 1 aromatic rings. The van der Waals surface area contributed by atoms with E-state index in [1.807, 2.05) is 0 Å². The Bertz CT molecular complexity index is 648. The van der Waals surface area contributed by atoms with Crippen LogP contribution in [0, 0.1) is 10.1 Å². The van der Waals surface area contributed by atoms with Gasteiger partial charge in [-0.05, 0) is 18.9 Å². The van der Waals surface area contributed by atoms with Crippen LogP contribution in [0.4, 0.5) is 5.69 Å². The van der Waals surface area contributed by atoms with E-state index in [9.17, 15) is 23.6 Å². The third kappa shape index (κ3) is 3.05. The minimum Gasteiger partial charge on any atom is -0.394 e. The van der Waals surface area contributed by atoms with Gasteiger partial charge in [-0.1, -0.05) is 12.1 Å². The summed E-state index contributed by atoms with van der Waals surface area (Å²) >= 11 is 0. The molecule has 2 rings (SSSR count). The zero-order valence-corrected chi connectivity index (χ0v) is 12.1. The van der Waals surface area contributed by atoms with Gasteiger partial charge < -0.3 is 10.8 Å². The van der Waals surface area contributed by atoms with Crippen LogP contribution in [0.3, 0.4) is 0 Å². The molecule has 0 amide bonds. The van der Waals surface area contributed by atoms with E-state index in [1.54, 1.807) is 0 Å². The summed E-state index contributed by atoms with van der Waals surface area (Å²) in [5, 5.41) is 20.3. The van der Waals surface area contributed by atoms with Gasteiger partial charge in [0.1, 0.15) is 0 Å². The molecule has 21 heavy (non-hydrogen) atoms. The first-order valence-electron chi connectivity index (χ1n) is 6.43. The third-order valence-electron chi connectivity index (χ3n) is 3.57. The number of rotatable bonds is 4. The van der Waals surface area contributed by atoms with Crippen molar-refractivity contribution in [2.45, 2.75) is 23.3 Å². The van der Waals surface area contributed by atoms with Crippen LogP contribution in [0.1, 0.15) is 12.8 Å². The van der Waals surface area contributed by atoms with Gasteiger partial charge in [0.2, 0.25) is 10.0 Å². The Morgan fingerprint density at radius 1 is 1.43 bits per heavy atom. The molecule has 1 heterocycles. The lowest BCUT2D eigenvalue weighted by atomic mass is 9.92. The molecule has 1 atom stereocenters. The van der Waals surface area contributed by atoms with Gasteiger partial charge in [-0.3, -0.25) is 10.1 Å². The number of hydrogen-bond donors (Lipinski definition) is 2. The molecule has 9 heteroatoms. The first-order chi connectivity index (χ1) is 9.80. The molecule has 1 aromatic carbocycles. The molecule has 1 aliphatic rings. The quantitative estimate of drug-likeness (QED) is 0.598. The molecule has 1 aliphatic heterocycles. The maximum Gasteiger partial charge on any atom is 0.289 e. The molecule has 0 bridgehead atoms. The molecule has 1 saturated heterocycles. The summed E-state index contributed by atoms with van der Waals surface area (Å²) in [6.45, 7) is -0.166. The minimum atomic E-state index is -4.02. The Kier molecular flexibility index (Phi) is 4.28. The summed E-state index contributed by atoms with van der Waals surface area (Å²) < 4.78 is 26.3. The van der Waals surface area contributed by atoms with Crippen molar-refractivity contribution in [1.82, 2.24) is 4.31 Å². The second kappa shape index (κ2) is 5.68. The molecule has 0 radical (unpaired) electrons. The summed E-state index contributed by atoms with van der Waals surface area (Å²) in [7, 11) is -4.02. The van der Waals surface area contributed by atoms with Crippen molar-refractivity contribution in [3.05, 3.63) is 34.4 Å². The Morgan fingerprint density at radius 2 is 2.10 bits per heavy atom. The lowest BCUT2D eigenvalue weighted by Crippen LogP contribution is -2.57. The van der Waals surface area contributed by atoms with Crippen molar-refractivity contribution in [3.63, 3.8) is 0 Å². The number of nitro benzene ring substituents is 1. The summed E-state index contributed by atoms with van der Waals surface area (Å²) in [6, 6.07) is 5.21. The normalized spacial score (nSPS) is 23.9. The van der Waals surface area contributed by atoms with Crippen molar-refractivity contribution >= 4 is 15.7 Å². The average Bonchev–Trinajstić information content (AvgIpc) is 2.47. The Hall–Kier alpha value is -1.55. The van der Waals surface area contributed by atoms with Crippen LogP contribution >= 0.6 is 0 Å². The Balaban J connectivity index is 2.41. The number of nitro groups is 1. The molecular weight excluding hydrogens is 298 g/mol. The molecule has 116 valence electrons. The Morgan fingerprint density at radius 3 is 2.71 bits per heavy atom. The largest absolute Gasteiger partial charge is 0.394 e. The van der Waals surface area contributed by atoms with Crippen molar-refractivity contribution in [3.8, 4) is 0 Å². The van der Waals surface area contributed by atoms with Crippen LogP contribution in [-0.2, 0) is 10.0 Å². The maximum absolute atomic E-state index is 12.6. The first-order valence-corrected chi connectivity index (χ1v) is 7.87. The molecule has 1 fully saturated rings. The zero-order chi connectivity index (χ0) is 15.7. The topological polar surface area (TPSA) is 127 Å². The number of hydrogen-bond acceptors (Lipinski definition) is 6. The van der Waals surface area contributed by atoms with Crippen molar-refractivity contribution < 1.29 is 18.4 Å². The van der Waals surface area contributed by atoms with Crippen molar-refractivity contribution in [2.75, 3.05) is 19.7 Å². The second-order valence-corrected chi connectivity index (χ2v) is 7.09. The molecule has 8 nitrogen and oxygen atoms in total. The number of aliphatic hydroxyl groups excluding tert-OH is 1. The smallest absolute Gasteiger partial charge is 0.289 e. The highest BCUT2D eigenvalue weighted by Crippen LogP contribution is 2.29. The number of benzene rings is 1. The van der Waals surface area contributed by atoms with Crippen LogP contribution in [0.25, 0.3) is 0 Å². The van der Waals surface area contributed by atoms with E-state index in [0.717, 1.165) is 10.4 Å². The average molecular weight is 315 g/mol. The predicted molar refractivity (Wildman–Crippen MR) is 75.1 cm³/mol. The molecule has 0 aromatic heterocycles. The van der Waals surface area contributed by atoms with Gasteiger partial charge in [-0.15, -0.1) is 0 Å². The zero-order valence-electron chi connectivity index (χ0n) is 11.3. The lowest BCUT2D eigenvalue weighted by molar-refractivity contribution is -0.387. The van der Waals surface area contributed by atoms with Gasteiger partial charge >= 0.3 is 0 Å². The highest BCUT2D eigenvalue weighted by atomic mass is 32.2. The van der Waals surface area contributed by atoms with Gasteiger partial charge in [0, 0.05) is 19.2 Å². The first kappa shape index (κ1) is 15.8. The number of nitrogens with zero attached hydrogens (tertiary/aromatic N) is 2. The van der Waals surface area contributed by atoms with E-state index in [4.69, 9.17) is 5.73 Å². The number of nitrogens with two attached hydrogens (primary N) is 1. The van der Waals surface area contributed by atoms with E-state index >= 15 is 0 Å². The summed E-state index contributed by atoms with van der Waals surface area (Å²) in [5.74, 6) is 0. The minimum absolute atomic E-state index is 0.0577. The van der Waals surface area contributed by atoms with Crippen LogP contribution in [0.15, 0.2) is 29.2 Å². The standard InChI is InChI=1S/C12H17N3O5S/c13-12(9-16)6-3-7-14(8-12)21(19,20)11-5-2-1-4-10(11)15(17)18/h1-2,4-5,16H,3,6-9,13H2. The molecule has 1 unspecified atom stereocenters. The number of aliphatic hydroxyl groups is 1. The molecule has 3 N–H and O–H groups in total. The highest BCUT2D eigenvalue weighted by molar-refractivity contribution is 7.89. The third-order valence-corrected chi connectivity index (χ3v) is 5.46. The molecule has 0 aliphatic carbocycles. The number of piperidine rings is 1. The van der Waals surface area contributed by atoms with E-state index < -0.39 is 26.2 Å². The van der Waals surface area contributed by atoms with E-state index in [1.165, 1.54) is 18.2 Å². The van der Waals surface area contributed by atoms with Gasteiger partial charge in [0.25, 0.3) is 5.69 Å². The van der Waals surface area contributed by atoms with Crippen molar-refractivity contribution in [1.29, 1.82) is 0 Å². The van der Waals surface area contributed by atoms with Crippen LogP contribution < -0.4 is 5.73 Å². The van der Waals surface area contributed by atoms with E-state index in [-0.39, 0.29) is 24.6 Å². The summed E-state index contributed by atoms with van der Waals surface area (Å²) in [5.41, 5.74) is 4.46. The molecule has 0 saturated carbocycles. The van der Waals surface area contributed by atoms with Crippen LogP contribution in [0.5, 0.6) is 0 Å². The lowest BCUT2D eigenvalue weighted by Gasteiger charge is -2.38. The molecular formula is C12H17N3O5S. The van der Waals surface area contributed by atoms with Crippen LogP contribution in [-0.4, -0.2) is 48.0 Å². The second-order valence-electron chi connectivity index (χ2n) is 5.19. The summed E-state index contributed by atoms with van der Waals surface area (Å²) in [4.78, 5) is 9.92. The Labute approximate surface area is 122 Å². The van der Waals surface area contributed by atoms with Gasteiger partial charge in [0.15, 0.2) is 4.90 Å². The fourth-order valence-electron chi connectivity index (χ4n) is 2.42. The van der Waals surface area contributed by atoms with Gasteiger partial charge in [0.05, 0.1) is 17.1 Å². The van der Waals surface area contributed by atoms with Crippen molar-refractivity contribution in [2.24, 2.45) is 5.73 Å². The van der Waals surface area contributed by atoms with Gasteiger partial charge in [-0.2, -0.15) is 4.31 Å².